The Morgan fingerprint density at radius 2 is 1.92 bits per heavy atom. The number of benzene rings is 1. The summed E-state index contributed by atoms with van der Waals surface area (Å²) >= 11 is 0. The summed E-state index contributed by atoms with van der Waals surface area (Å²) < 4.78 is 14.8. The average Bonchev–Trinajstić information content (AvgIpc) is 2.58. The van der Waals surface area contributed by atoms with Gasteiger partial charge in [-0.05, 0) is 43.6 Å². The number of carbonyl (C=O) groups excluding carboxylic acids is 2. The van der Waals surface area contributed by atoms with Crippen molar-refractivity contribution in [2.75, 3.05) is 18.7 Å². The molecule has 0 bridgehead atoms. The number of aryl methyl sites for hydroxylation is 1. The first-order valence-electron chi connectivity index (χ1n) is 7.42. The number of ether oxygens (including phenoxy) is 2. The second-order valence-electron chi connectivity index (χ2n) is 4.59. The highest BCUT2D eigenvalue weighted by molar-refractivity contribution is 5.74. The van der Waals surface area contributed by atoms with E-state index in [1.807, 2.05) is 13.0 Å². The third kappa shape index (κ3) is 5.09. The lowest BCUT2D eigenvalue weighted by molar-refractivity contribution is 0.0545. The van der Waals surface area contributed by atoms with Gasteiger partial charge in [-0.1, -0.05) is 6.07 Å². The van der Waals surface area contributed by atoms with Crippen LogP contribution in [0.2, 0.25) is 0 Å². The number of hydrogen-bond donors (Lipinski definition) is 1. The minimum Gasteiger partial charge on any atom is -0.433 e. The van der Waals surface area contributed by atoms with Crippen LogP contribution in [0, 0.1) is 6.92 Å². The lowest BCUT2D eigenvalue weighted by Gasteiger charge is -2.07. The van der Waals surface area contributed by atoms with Crippen LogP contribution >= 0.6 is 0 Å². The monoisotopic (exact) mass is 351 g/mol. The first-order chi connectivity index (χ1) is 12.0. The van der Waals surface area contributed by atoms with Crippen LogP contribution in [0.25, 0.3) is 11.1 Å². The Morgan fingerprint density at radius 3 is 2.64 bits per heavy atom. The molecule has 0 amide bonds. The molecular formula is C15H17N3O7. The van der Waals surface area contributed by atoms with Gasteiger partial charge in [0.05, 0.1) is 13.2 Å². The Labute approximate surface area is 142 Å². The molecule has 2 aromatic rings. The van der Waals surface area contributed by atoms with E-state index in [0.29, 0.717) is 11.1 Å². The second kappa shape index (κ2) is 8.52. The zero-order valence-electron chi connectivity index (χ0n) is 13.9. The van der Waals surface area contributed by atoms with Crippen molar-refractivity contribution in [1.29, 1.82) is 0 Å². The van der Waals surface area contributed by atoms with Crippen molar-refractivity contribution in [3.05, 3.63) is 29.3 Å². The van der Waals surface area contributed by atoms with Gasteiger partial charge in [0.15, 0.2) is 5.58 Å². The maximum absolute atomic E-state index is 11.3. The number of aromatic nitrogens is 1. The summed E-state index contributed by atoms with van der Waals surface area (Å²) in [5.41, 5.74) is 3.82. The van der Waals surface area contributed by atoms with Gasteiger partial charge in [-0.15, -0.1) is 0 Å². The number of fused-ring (bicyclic) bond motifs is 1. The highest BCUT2D eigenvalue weighted by Gasteiger charge is 2.11. The van der Waals surface area contributed by atoms with Crippen LogP contribution in [-0.4, -0.2) is 30.5 Å². The molecule has 0 unspecified atom stereocenters. The summed E-state index contributed by atoms with van der Waals surface area (Å²) in [6.07, 6.45) is -1.98. The third-order valence-electron chi connectivity index (χ3n) is 2.72. The van der Waals surface area contributed by atoms with Crippen molar-refractivity contribution in [3.8, 4) is 0 Å². The molecule has 1 N–H and O–H groups in total. The zero-order valence-corrected chi connectivity index (χ0v) is 13.9. The molecule has 0 aliphatic rings. The summed E-state index contributed by atoms with van der Waals surface area (Å²) in [5, 5.41) is 3.53. The normalized spacial score (nSPS) is 11.1. The fourth-order valence-electron chi connectivity index (χ4n) is 1.70. The van der Waals surface area contributed by atoms with Gasteiger partial charge in [0.1, 0.15) is 5.52 Å². The quantitative estimate of drug-likeness (QED) is 0.492. The number of hydrogen-bond acceptors (Lipinski definition) is 10. The van der Waals surface area contributed by atoms with E-state index in [1.54, 1.807) is 26.0 Å². The van der Waals surface area contributed by atoms with Crippen molar-refractivity contribution in [2.45, 2.75) is 20.8 Å². The first kappa shape index (κ1) is 18.0. The molecular weight excluding hydrogens is 334 g/mol. The van der Waals surface area contributed by atoms with Gasteiger partial charge in [-0.3, -0.25) is 4.84 Å². The molecule has 0 saturated heterocycles. The number of rotatable bonds is 5. The van der Waals surface area contributed by atoms with Crippen LogP contribution in [0.3, 0.4) is 0 Å². The second-order valence-corrected chi connectivity index (χ2v) is 4.59. The summed E-state index contributed by atoms with van der Waals surface area (Å²) in [6.45, 7) is 5.38. The molecule has 0 fully saturated rings. The van der Waals surface area contributed by atoms with Crippen molar-refractivity contribution in [1.82, 2.24) is 4.98 Å². The van der Waals surface area contributed by atoms with Crippen molar-refractivity contribution in [2.24, 2.45) is 5.16 Å². The minimum atomic E-state index is -1.01. The lowest BCUT2D eigenvalue weighted by atomic mass is 10.2. The molecule has 0 spiro atoms. The Bertz CT molecular complexity index is 831. The van der Waals surface area contributed by atoms with Crippen molar-refractivity contribution < 1.29 is 33.2 Å². The van der Waals surface area contributed by atoms with Gasteiger partial charge in [-0.2, -0.15) is 5.48 Å². The third-order valence-corrected chi connectivity index (χ3v) is 2.72. The molecule has 10 nitrogen and oxygen atoms in total. The number of nitrogens with zero attached hydrogens (tertiary/aromatic N) is 2. The highest BCUT2D eigenvalue weighted by Crippen LogP contribution is 2.14. The fourth-order valence-corrected chi connectivity index (χ4v) is 1.70. The van der Waals surface area contributed by atoms with Crippen molar-refractivity contribution in [3.63, 3.8) is 0 Å². The van der Waals surface area contributed by atoms with E-state index in [9.17, 15) is 9.59 Å². The smallest absolute Gasteiger partial charge is 0.433 e. The number of carbonyl (C=O) groups is 2. The van der Waals surface area contributed by atoms with E-state index in [0.717, 1.165) is 5.56 Å². The van der Waals surface area contributed by atoms with Gasteiger partial charge in [0.25, 0.3) is 0 Å². The van der Waals surface area contributed by atoms with Crippen LogP contribution in [0.1, 0.15) is 19.4 Å². The SMILES string of the molecule is CCOC(=O)O/N=c1\oc2cc(C)ccc2nc1NOC(=O)OCC. The molecule has 25 heavy (non-hydrogen) atoms. The van der Waals surface area contributed by atoms with E-state index in [2.05, 4.69) is 34.8 Å². The zero-order chi connectivity index (χ0) is 18.2. The molecule has 0 atom stereocenters. The van der Waals surface area contributed by atoms with E-state index in [1.165, 1.54) is 0 Å². The summed E-state index contributed by atoms with van der Waals surface area (Å²) in [7, 11) is 0. The summed E-state index contributed by atoms with van der Waals surface area (Å²) in [4.78, 5) is 36.0. The Hall–Kier alpha value is -3.30. The number of nitrogens with one attached hydrogen (secondary N) is 1. The molecule has 1 heterocycles. The molecule has 0 saturated carbocycles. The largest absolute Gasteiger partial charge is 0.535 e. The van der Waals surface area contributed by atoms with E-state index in [4.69, 9.17) is 4.42 Å². The molecule has 10 heteroatoms. The van der Waals surface area contributed by atoms with Gasteiger partial charge >= 0.3 is 17.9 Å². The predicted molar refractivity (Wildman–Crippen MR) is 84.1 cm³/mol. The Morgan fingerprint density at radius 1 is 1.20 bits per heavy atom. The topological polar surface area (TPSA) is 121 Å². The highest BCUT2D eigenvalue weighted by atomic mass is 16.8. The average molecular weight is 351 g/mol. The molecule has 1 aromatic heterocycles. The van der Waals surface area contributed by atoms with Crippen LogP contribution in [-0.2, 0) is 19.1 Å². The lowest BCUT2D eigenvalue weighted by Crippen LogP contribution is -2.19. The first-order valence-corrected chi connectivity index (χ1v) is 7.42. The van der Waals surface area contributed by atoms with E-state index >= 15 is 0 Å². The van der Waals surface area contributed by atoms with Gasteiger partial charge < -0.3 is 18.7 Å². The summed E-state index contributed by atoms with van der Waals surface area (Å²) in [6, 6.07) is 5.26. The fraction of sp³-hybridized carbons (Fsp3) is 0.333. The standard InChI is InChI=1S/C15H17N3O7/c1-4-21-14(19)24-17-12-13(18-25-15(20)22-5-2)23-11-8-9(3)6-7-10(11)16-12/h6-8H,4-5H2,1-3H3,(H,16,17)/b18-13-. The molecule has 2 rings (SSSR count). The van der Waals surface area contributed by atoms with Gasteiger partial charge in [0, 0.05) is 0 Å². The molecule has 0 aliphatic heterocycles. The molecule has 1 aromatic carbocycles. The minimum absolute atomic E-state index is 0.0892. The number of anilines is 1. The van der Waals surface area contributed by atoms with Crippen LogP contribution in [0.5, 0.6) is 0 Å². The Kier molecular flexibility index (Phi) is 6.15. The van der Waals surface area contributed by atoms with Crippen LogP contribution in [0.15, 0.2) is 27.8 Å². The maximum atomic E-state index is 11.3. The van der Waals surface area contributed by atoms with Crippen molar-refractivity contribution >= 4 is 29.2 Å². The molecule has 134 valence electrons. The van der Waals surface area contributed by atoms with Gasteiger partial charge in [-0.25, -0.2) is 14.6 Å². The van der Waals surface area contributed by atoms with E-state index < -0.39 is 12.3 Å². The Balaban J connectivity index is 2.36. The summed E-state index contributed by atoms with van der Waals surface area (Å²) in [5.74, 6) is -0.0892. The predicted octanol–water partition coefficient (Wildman–Crippen LogP) is 2.63. The van der Waals surface area contributed by atoms with Crippen LogP contribution in [0.4, 0.5) is 15.4 Å². The van der Waals surface area contributed by atoms with E-state index in [-0.39, 0.29) is 24.6 Å². The van der Waals surface area contributed by atoms with Crippen LogP contribution < -0.4 is 11.0 Å². The molecule has 0 aliphatic carbocycles. The maximum Gasteiger partial charge on any atom is 0.535 e. The molecule has 0 radical (unpaired) electrons. The van der Waals surface area contributed by atoms with Gasteiger partial charge in [0.2, 0.25) is 5.82 Å².